The number of anilines is 2. The lowest BCUT2D eigenvalue weighted by Gasteiger charge is -2.25. The van der Waals surface area contributed by atoms with E-state index in [-0.39, 0.29) is 12.5 Å². The molecule has 0 fully saturated rings. The van der Waals surface area contributed by atoms with Gasteiger partial charge in [-0.2, -0.15) is 0 Å². The van der Waals surface area contributed by atoms with Gasteiger partial charge in [0.2, 0.25) is 15.9 Å². The summed E-state index contributed by atoms with van der Waals surface area (Å²) in [6, 6.07) is 14.6. The molecule has 2 aromatic rings. The van der Waals surface area contributed by atoms with E-state index in [2.05, 4.69) is 15.9 Å². The molecule has 0 saturated carbocycles. The monoisotopic (exact) mass is 408 g/mol. The Labute approximate surface area is 150 Å². The van der Waals surface area contributed by atoms with Gasteiger partial charge in [-0.25, -0.2) is 8.42 Å². The van der Waals surface area contributed by atoms with Crippen molar-refractivity contribution >= 4 is 43.2 Å². The quantitative estimate of drug-likeness (QED) is 0.781. The number of fused-ring (bicyclic) bond motifs is 1. The summed E-state index contributed by atoms with van der Waals surface area (Å²) in [5.41, 5.74) is 2.45. The number of carbonyl (C=O) groups excluding carboxylic acids is 1. The molecule has 0 saturated heterocycles. The number of hydrogen-bond donors (Lipinski definition) is 0. The standard InChI is InChI=1S/C17H17BrN2O3S/c1-24(22,23)20(15-8-6-14(18)7-9-15)12-17(21)19-11-10-13-4-2-3-5-16(13)19/h2-9H,10-12H2,1H3. The van der Waals surface area contributed by atoms with Crippen LogP contribution in [0.15, 0.2) is 53.0 Å². The molecule has 1 aliphatic heterocycles. The highest BCUT2D eigenvalue weighted by Crippen LogP contribution is 2.28. The highest BCUT2D eigenvalue weighted by molar-refractivity contribution is 9.10. The Bertz CT molecular complexity index is 866. The van der Waals surface area contributed by atoms with Gasteiger partial charge in [0, 0.05) is 16.7 Å². The summed E-state index contributed by atoms with van der Waals surface area (Å²) >= 11 is 3.32. The van der Waals surface area contributed by atoms with Crippen LogP contribution in [0.3, 0.4) is 0 Å². The average Bonchev–Trinajstić information content (AvgIpc) is 2.96. The molecule has 1 heterocycles. The average molecular weight is 409 g/mol. The molecule has 24 heavy (non-hydrogen) atoms. The fourth-order valence-electron chi connectivity index (χ4n) is 2.81. The minimum absolute atomic E-state index is 0.213. The summed E-state index contributed by atoms with van der Waals surface area (Å²) < 4.78 is 26.3. The van der Waals surface area contributed by atoms with Crippen molar-refractivity contribution in [1.29, 1.82) is 0 Å². The molecule has 0 bridgehead atoms. The topological polar surface area (TPSA) is 57.7 Å². The summed E-state index contributed by atoms with van der Waals surface area (Å²) in [6.45, 7) is 0.366. The van der Waals surface area contributed by atoms with Gasteiger partial charge in [0.1, 0.15) is 6.54 Å². The first-order valence-corrected chi connectivity index (χ1v) is 10.1. The van der Waals surface area contributed by atoms with Crippen molar-refractivity contribution in [2.75, 3.05) is 28.6 Å². The summed E-state index contributed by atoms with van der Waals surface area (Å²) in [7, 11) is -3.56. The highest BCUT2D eigenvalue weighted by atomic mass is 79.9. The van der Waals surface area contributed by atoms with Crippen LogP contribution >= 0.6 is 15.9 Å². The smallest absolute Gasteiger partial charge is 0.247 e. The van der Waals surface area contributed by atoms with E-state index in [1.54, 1.807) is 29.2 Å². The molecule has 1 aliphatic rings. The van der Waals surface area contributed by atoms with Gasteiger partial charge in [-0.1, -0.05) is 34.1 Å². The SMILES string of the molecule is CS(=O)(=O)N(CC(=O)N1CCc2ccccc21)c1ccc(Br)cc1. The molecule has 7 heteroatoms. The molecule has 0 aromatic heterocycles. The Balaban J connectivity index is 1.86. The number of amides is 1. The van der Waals surface area contributed by atoms with E-state index in [1.165, 1.54) is 0 Å². The number of benzene rings is 2. The second-order valence-corrected chi connectivity index (χ2v) is 8.49. The van der Waals surface area contributed by atoms with Crippen LogP contribution in [0.2, 0.25) is 0 Å². The van der Waals surface area contributed by atoms with Gasteiger partial charge in [-0.05, 0) is 42.3 Å². The van der Waals surface area contributed by atoms with E-state index < -0.39 is 10.0 Å². The Morgan fingerprint density at radius 3 is 2.50 bits per heavy atom. The van der Waals surface area contributed by atoms with Crippen LogP contribution in [0, 0.1) is 0 Å². The first kappa shape index (κ1) is 17.0. The molecule has 0 N–H and O–H groups in total. The minimum Gasteiger partial charge on any atom is -0.310 e. The number of hydrogen-bond acceptors (Lipinski definition) is 3. The molecule has 0 unspecified atom stereocenters. The minimum atomic E-state index is -3.56. The summed E-state index contributed by atoms with van der Waals surface area (Å²) in [6.07, 6.45) is 1.90. The largest absolute Gasteiger partial charge is 0.310 e. The van der Waals surface area contributed by atoms with Crippen LogP contribution in [-0.2, 0) is 21.2 Å². The second-order valence-electron chi connectivity index (χ2n) is 5.67. The maximum absolute atomic E-state index is 12.7. The molecule has 0 atom stereocenters. The van der Waals surface area contributed by atoms with E-state index in [0.29, 0.717) is 12.2 Å². The van der Waals surface area contributed by atoms with E-state index in [9.17, 15) is 13.2 Å². The van der Waals surface area contributed by atoms with Crippen LogP contribution in [0.5, 0.6) is 0 Å². The van der Waals surface area contributed by atoms with Crippen LogP contribution in [-0.4, -0.2) is 33.7 Å². The predicted molar refractivity (Wildman–Crippen MR) is 98.8 cm³/mol. The van der Waals surface area contributed by atoms with Crippen molar-refractivity contribution in [3.8, 4) is 0 Å². The molecular formula is C17H17BrN2O3S. The van der Waals surface area contributed by atoms with Gasteiger partial charge in [0.05, 0.1) is 11.9 Å². The van der Waals surface area contributed by atoms with E-state index in [0.717, 1.165) is 32.7 Å². The number of para-hydroxylation sites is 1. The molecule has 2 aromatic carbocycles. The zero-order valence-electron chi connectivity index (χ0n) is 13.1. The summed E-state index contributed by atoms with van der Waals surface area (Å²) in [4.78, 5) is 14.4. The third-order valence-electron chi connectivity index (χ3n) is 3.98. The Morgan fingerprint density at radius 2 is 1.83 bits per heavy atom. The lowest BCUT2D eigenvalue weighted by Crippen LogP contribution is -2.42. The fourth-order valence-corrected chi connectivity index (χ4v) is 3.93. The van der Waals surface area contributed by atoms with E-state index >= 15 is 0 Å². The highest BCUT2D eigenvalue weighted by Gasteiger charge is 2.28. The Kier molecular flexibility index (Phi) is 4.64. The molecule has 126 valence electrons. The van der Waals surface area contributed by atoms with Gasteiger partial charge in [-0.15, -0.1) is 0 Å². The van der Waals surface area contributed by atoms with Crippen molar-refractivity contribution in [3.63, 3.8) is 0 Å². The maximum atomic E-state index is 12.7. The Hall–Kier alpha value is -1.86. The third kappa shape index (κ3) is 3.47. The van der Waals surface area contributed by atoms with Crippen molar-refractivity contribution in [2.45, 2.75) is 6.42 Å². The third-order valence-corrected chi connectivity index (χ3v) is 5.65. The number of nitrogens with zero attached hydrogens (tertiary/aromatic N) is 2. The molecule has 0 aliphatic carbocycles. The van der Waals surface area contributed by atoms with E-state index in [4.69, 9.17) is 0 Å². The van der Waals surface area contributed by atoms with Crippen molar-refractivity contribution < 1.29 is 13.2 Å². The lowest BCUT2D eigenvalue weighted by atomic mass is 10.2. The summed E-state index contributed by atoms with van der Waals surface area (Å²) in [5.74, 6) is -0.228. The van der Waals surface area contributed by atoms with Gasteiger partial charge in [-0.3, -0.25) is 9.10 Å². The van der Waals surface area contributed by atoms with Crippen LogP contribution < -0.4 is 9.21 Å². The first-order chi connectivity index (χ1) is 11.4. The molecule has 1 amide bonds. The number of sulfonamides is 1. The predicted octanol–water partition coefficient (Wildman–Crippen LogP) is 2.80. The van der Waals surface area contributed by atoms with Crippen molar-refractivity contribution in [2.24, 2.45) is 0 Å². The Morgan fingerprint density at radius 1 is 1.17 bits per heavy atom. The van der Waals surface area contributed by atoms with Gasteiger partial charge in [0.15, 0.2) is 0 Å². The number of rotatable bonds is 4. The molecular weight excluding hydrogens is 392 g/mol. The van der Waals surface area contributed by atoms with E-state index in [1.807, 2.05) is 24.3 Å². The second kappa shape index (κ2) is 6.57. The zero-order valence-corrected chi connectivity index (χ0v) is 15.5. The lowest BCUT2D eigenvalue weighted by molar-refractivity contribution is -0.117. The van der Waals surface area contributed by atoms with Crippen molar-refractivity contribution in [1.82, 2.24) is 0 Å². The fraction of sp³-hybridized carbons (Fsp3) is 0.235. The van der Waals surface area contributed by atoms with Crippen LogP contribution in [0.4, 0.5) is 11.4 Å². The van der Waals surface area contributed by atoms with Gasteiger partial charge >= 0.3 is 0 Å². The first-order valence-electron chi connectivity index (χ1n) is 7.48. The number of halogens is 1. The van der Waals surface area contributed by atoms with Gasteiger partial charge < -0.3 is 4.90 Å². The normalized spacial score (nSPS) is 13.7. The molecule has 5 nitrogen and oxygen atoms in total. The molecule has 0 radical (unpaired) electrons. The van der Waals surface area contributed by atoms with Crippen LogP contribution in [0.25, 0.3) is 0 Å². The zero-order chi connectivity index (χ0) is 17.3. The maximum Gasteiger partial charge on any atom is 0.247 e. The van der Waals surface area contributed by atoms with Gasteiger partial charge in [0.25, 0.3) is 0 Å². The molecule has 3 rings (SSSR count). The molecule has 0 spiro atoms. The van der Waals surface area contributed by atoms with Crippen LogP contribution in [0.1, 0.15) is 5.56 Å². The van der Waals surface area contributed by atoms with Crippen molar-refractivity contribution in [3.05, 3.63) is 58.6 Å². The number of carbonyl (C=O) groups is 1. The summed E-state index contributed by atoms with van der Waals surface area (Å²) in [5, 5.41) is 0.